The molecule has 2 aliphatic heterocycles. The summed E-state index contributed by atoms with van der Waals surface area (Å²) in [5.74, 6) is -0.348. The molecule has 1 aromatic heterocycles. The quantitative estimate of drug-likeness (QED) is 0.306. The number of nitrogens with one attached hydrogen (secondary N) is 1. The normalized spacial score (nSPS) is 16.0. The summed E-state index contributed by atoms with van der Waals surface area (Å²) in [5, 5.41) is 3.58. The Hall–Kier alpha value is -4.19. The van der Waals surface area contributed by atoms with Crippen molar-refractivity contribution in [3.63, 3.8) is 0 Å². The number of nitrogens with zero attached hydrogens (tertiary/aromatic N) is 5. The van der Waals surface area contributed by atoms with Crippen LogP contribution in [-0.2, 0) is 14.8 Å². The van der Waals surface area contributed by atoms with Gasteiger partial charge in [-0.2, -0.15) is 0 Å². The molecule has 0 unspecified atom stereocenters. The van der Waals surface area contributed by atoms with Crippen LogP contribution in [0.3, 0.4) is 0 Å². The van der Waals surface area contributed by atoms with Gasteiger partial charge in [0.15, 0.2) is 0 Å². The van der Waals surface area contributed by atoms with Gasteiger partial charge in [0.2, 0.25) is 5.95 Å². The van der Waals surface area contributed by atoms with Crippen LogP contribution in [-0.4, -0.2) is 69.6 Å². The number of hydrogen-bond donors (Lipinski definition) is 1. The van der Waals surface area contributed by atoms with Crippen molar-refractivity contribution in [2.75, 3.05) is 54.9 Å². The number of carbonyl (C=O) groups excluding carboxylic acids is 1. The number of aryl methyl sites for hydroxylation is 1. The van der Waals surface area contributed by atoms with Gasteiger partial charge in [0, 0.05) is 48.1 Å². The first kappa shape index (κ1) is 28.0. The topological polar surface area (TPSA) is 108 Å². The van der Waals surface area contributed by atoms with E-state index in [1.165, 1.54) is 23.7 Å². The largest absolute Gasteiger partial charge is 0.465 e. The van der Waals surface area contributed by atoms with Gasteiger partial charge in [-0.1, -0.05) is 11.6 Å². The lowest BCUT2D eigenvalue weighted by molar-refractivity contribution is 0.0600. The molecule has 0 bridgehead atoms. The average molecular weight is 605 g/mol. The van der Waals surface area contributed by atoms with E-state index in [0.29, 0.717) is 16.3 Å². The molecule has 0 amide bonds. The molecule has 2 aliphatic rings. The maximum absolute atomic E-state index is 14.1. The third kappa shape index (κ3) is 5.15. The second kappa shape index (κ2) is 10.9. The number of aromatic nitrogens is 2. The van der Waals surface area contributed by atoms with Crippen molar-refractivity contribution in [1.29, 1.82) is 0 Å². The summed E-state index contributed by atoms with van der Waals surface area (Å²) in [6.45, 7) is 5.79. The number of ether oxygens (including phenoxy) is 1. The monoisotopic (exact) mass is 604 g/mol. The minimum Gasteiger partial charge on any atom is -0.465 e. The molecule has 216 valence electrons. The lowest BCUT2D eigenvalue weighted by atomic mass is 10.0. The highest BCUT2D eigenvalue weighted by Gasteiger charge is 2.38. The van der Waals surface area contributed by atoms with Crippen LogP contribution in [0.15, 0.2) is 71.8 Å². The number of halogens is 1. The maximum atomic E-state index is 14.1. The molecule has 0 atom stereocenters. The molecule has 0 aliphatic carbocycles. The number of carbonyl (C=O) groups is 1. The minimum atomic E-state index is -4.18. The van der Waals surface area contributed by atoms with Crippen LogP contribution in [0.2, 0.25) is 5.02 Å². The van der Waals surface area contributed by atoms with Gasteiger partial charge < -0.3 is 19.9 Å². The number of rotatable bonds is 5. The Bertz CT molecular complexity index is 1770. The SMILES string of the molecule is COC(=O)c1ccc2c(c1)N(c1cc(C)cc(Cl)c1)S(=O)(=O)c1cnc(Nc3ccc(N4CCN(C)CC4)cc3)nc1-2. The predicted octanol–water partition coefficient (Wildman–Crippen LogP) is 5.23. The van der Waals surface area contributed by atoms with E-state index in [2.05, 4.69) is 32.1 Å². The molecule has 3 aromatic carbocycles. The van der Waals surface area contributed by atoms with Crippen LogP contribution in [0, 0.1) is 6.92 Å². The number of anilines is 5. The van der Waals surface area contributed by atoms with Gasteiger partial charge in [0.1, 0.15) is 4.90 Å². The Kier molecular flexibility index (Phi) is 7.25. The average Bonchev–Trinajstić information content (AvgIpc) is 2.96. The summed E-state index contributed by atoms with van der Waals surface area (Å²) in [6.07, 6.45) is 1.31. The molecule has 0 radical (unpaired) electrons. The fourth-order valence-electron chi connectivity index (χ4n) is 5.25. The van der Waals surface area contributed by atoms with Crippen molar-refractivity contribution in [2.45, 2.75) is 11.8 Å². The number of methoxy groups -OCH3 is 1. The highest BCUT2D eigenvalue weighted by Crippen LogP contribution is 2.47. The van der Waals surface area contributed by atoms with E-state index in [4.69, 9.17) is 16.3 Å². The summed E-state index contributed by atoms with van der Waals surface area (Å²) < 4.78 is 34.2. The van der Waals surface area contributed by atoms with Gasteiger partial charge in [0.25, 0.3) is 10.0 Å². The third-order valence-corrected chi connectivity index (χ3v) is 9.38. The van der Waals surface area contributed by atoms with E-state index in [1.807, 2.05) is 31.2 Å². The van der Waals surface area contributed by atoms with E-state index in [0.717, 1.165) is 43.1 Å². The molecule has 1 fully saturated rings. The number of sulfonamides is 1. The van der Waals surface area contributed by atoms with Crippen LogP contribution in [0.1, 0.15) is 15.9 Å². The maximum Gasteiger partial charge on any atom is 0.337 e. The fourth-order valence-corrected chi connectivity index (χ4v) is 7.11. The summed E-state index contributed by atoms with van der Waals surface area (Å²) in [4.78, 5) is 26.0. The van der Waals surface area contributed by atoms with E-state index in [-0.39, 0.29) is 27.8 Å². The van der Waals surface area contributed by atoms with Crippen LogP contribution in [0.5, 0.6) is 0 Å². The van der Waals surface area contributed by atoms with Crippen molar-refractivity contribution in [3.05, 3.63) is 83.0 Å². The van der Waals surface area contributed by atoms with Crippen molar-refractivity contribution in [2.24, 2.45) is 0 Å². The Balaban J connectivity index is 1.39. The van der Waals surface area contributed by atoms with Crippen LogP contribution < -0.4 is 14.5 Å². The van der Waals surface area contributed by atoms with E-state index < -0.39 is 16.0 Å². The first-order chi connectivity index (χ1) is 20.1. The molecular formula is C30H29ClN6O4S. The molecule has 0 saturated carbocycles. The lowest BCUT2D eigenvalue weighted by Crippen LogP contribution is -2.44. The molecule has 0 spiro atoms. The second-order valence-electron chi connectivity index (χ2n) is 10.3. The number of hydrogen-bond acceptors (Lipinski definition) is 9. The molecule has 3 heterocycles. The Morgan fingerprint density at radius 2 is 1.71 bits per heavy atom. The molecular weight excluding hydrogens is 576 g/mol. The standard InChI is InChI=1S/C30H29ClN6O4S/c1-19-14-21(31)17-24(15-19)37-26-16-20(29(38)41-3)4-9-25(26)28-27(42(37,39)40)18-32-30(34-28)33-22-5-7-23(8-6-22)36-12-10-35(2)11-13-36/h4-9,14-18H,10-13H2,1-3H3,(H,32,33,34). The van der Waals surface area contributed by atoms with Crippen LogP contribution >= 0.6 is 11.6 Å². The van der Waals surface area contributed by atoms with E-state index >= 15 is 0 Å². The first-order valence-corrected chi connectivity index (χ1v) is 15.2. The first-order valence-electron chi connectivity index (χ1n) is 13.4. The van der Waals surface area contributed by atoms with Crippen molar-refractivity contribution < 1.29 is 17.9 Å². The highest BCUT2D eigenvalue weighted by molar-refractivity contribution is 7.93. The molecule has 12 heteroatoms. The summed E-state index contributed by atoms with van der Waals surface area (Å²) in [5.41, 5.74) is 4.21. The zero-order valence-electron chi connectivity index (χ0n) is 23.3. The van der Waals surface area contributed by atoms with Gasteiger partial charge in [-0.3, -0.25) is 0 Å². The van der Waals surface area contributed by atoms with Crippen LogP contribution in [0.4, 0.5) is 28.7 Å². The summed E-state index contributed by atoms with van der Waals surface area (Å²) in [7, 11) is -0.785. The molecule has 1 saturated heterocycles. The van der Waals surface area contributed by atoms with E-state index in [1.54, 1.807) is 30.3 Å². The smallest absolute Gasteiger partial charge is 0.337 e. The van der Waals surface area contributed by atoms with Gasteiger partial charge in [0.05, 0.1) is 35.9 Å². The molecule has 6 rings (SSSR count). The predicted molar refractivity (Wildman–Crippen MR) is 164 cm³/mol. The molecule has 4 aromatic rings. The summed E-state index contributed by atoms with van der Waals surface area (Å²) in [6, 6.07) is 17.8. The second-order valence-corrected chi connectivity index (χ2v) is 12.5. The van der Waals surface area contributed by atoms with Crippen molar-refractivity contribution in [1.82, 2.24) is 14.9 Å². The number of benzene rings is 3. The number of esters is 1. The Labute approximate surface area is 249 Å². The van der Waals surface area contributed by atoms with Gasteiger partial charge in [-0.25, -0.2) is 27.5 Å². The van der Waals surface area contributed by atoms with Gasteiger partial charge in [-0.05, 0) is 80.2 Å². The number of fused-ring (bicyclic) bond motifs is 3. The van der Waals surface area contributed by atoms with Crippen LogP contribution in [0.25, 0.3) is 11.3 Å². The zero-order valence-corrected chi connectivity index (χ0v) is 24.9. The molecule has 42 heavy (non-hydrogen) atoms. The lowest BCUT2D eigenvalue weighted by Gasteiger charge is -2.34. The number of likely N-dealkylation sites (N-methyl/N-ethyl adjacent to an activating group) is 1. The zero-order chi connectivity index (χ0) is 29.6. The van der Waals surface area contributed by atoms with Gasteiger partial charge >= 0.3 is 5.97 Å². The summed E-state index contributed by atoms with van der Waals surface area (Å²) >= 11 is 6.32. The minimum absolute atomic E-state index is 0.0607. The molecule has 1 N–H and O–H groups in total. The Morgan fingerprint density at radius 1 is 0.976 bits per heavy atom. The highest BCUT2D eigenvalue weighted by atomic mass is 35.5. The Morgan fingerprint density at radius 3 is 2.40 bits per heavy atom. The van der Waals surface area contributed by atoms with Crippen molar-refractivity contribution >= 4 is 56.3 Å². The van der Waals surface area contributed by atoms with Crippen molar-refractivity contribution in [3.8, 4) is 11.3 Å². The third-order valence-electron chi connectivity index (χ3n) is 7.42. The number of piperazine rings is 1. The van der Waals surface area contributed by atoms with Gasteiger partial charge in [-0.15, -0.1) is 0 Å². The van der Waals surface area contributed by atoms with E-state index in [9.17, 15) is 13.2 Å². The fraction of sp³-hybridized carbons (Fsp3) is 0.233. The molecule has 10 nitrogen and oxygen atoms in total.